The third-order valence-electron chi connectivity index (χ3n) is 5.07. The quantitative estimate of drug-likeness (QED) is 0.672. The molecule has 7 nitrogen and oxygen atoms in total. The minimum absolute atomic E-state index is 0. The number of carbonyl (C=O) groups excluding carboxylic acids is 1. The number of rotatable bonds is 6. The number of hydrogen-bond donors (Lipinski definition) is 2. The van der Waals surface area contributed by atoms with Gasteiger partial charge in [-0.1, -0.05) is 17.7 Å². The van der Waals surface area contributed by atoms with E-state index in [0.717, 1.165) is 24.9 Å². The van der Waals surface area contributed by atoms with Gasteiger partial charge in [-0.15, -0.1) is 24.8 Å². The normalized spacial score (nSPS) is 20.8. The molecule has 0 saturated carbocycles. The first-order chi connectivity index (χ1) is 12.4. The summed E-state index contributed by atoms with van der Waals surface area (Å²) in [4.78, 5) is 14.4. The van der Waals surface area contributed by atoms with Gasteiger partial charge >= 0.3 is 0 Å². The second-order valence-electron chi connectivity index (χ2n) is 7.09. The first-order valence-electron chi connectivity index (χ1n) is 9.24. The summed E-state index contributed by atoms with van der Waals surface area (Å²) in [6.07, 6.45) is 2.27. The lowest BCUT2D eigenvalue weighted by atomic mass is 10.2. The average Bonchev–Trinajstić information content (AvgIpc) is 3.14. The van der Waals surface area contributed by atoms with E-state index in [1.54, 1.807) is 12.1 Å². The molecule has 2 N–H and O–H groups in total. The Morgan fingerprint density at radius 3 is 2.36 bits per heavy atom. The number of nitrogens with one attached hydrogen (secondary N) is 2. The molecule has 0 spiro atoms. The van der Waals surface area contributed by atoms with E-state index in [2.05, 4.69) is 10.6 Å². The van der Waals surface area contributed by atoms with Gasteiger partial charge in [0.1, 0.15) is 0 Å². The highest BCUT2D eigenvalue weighted by atomic mass is 35.5. The van der Waals surface area contributed by atoms with Crippen LogP contribution in [0.25, 0.3) is 0 Å². The zero-order valence-electron chi connectivity index (χ0n) is 16.1. The molecule has 2 heterocycles. The first-order valence-corrected chi connectivity index (χ1v) is 10.7. The van der Waals surface area contributed by atoms with Crippen LogP contribution in [-0.4, -0.2) is 75.4 Å². The monoisotopic (exact) mass is 452 g/mol. The lowest BCUT2D eigenvalue weighted by Gasteiger charge is -2.33. The molecule has 2 aliphatic heterocycles. The summed E-state index contributed by atoms with van der Waals surface area (Å²) in [5.74, 6) is 0.00791. The van der Waals surface area contributed by atoms with E-state index < -0.39 is 10.0 Å². The molecule has 1 atom stereocenters. The van der Waals surface area contributed by atoms with Crippen molar-refractivity contribution in [2.45, 2.75) is 30.7 Å². The molecule has 1 aromatic carbocycles. The van der Waals surface area contributed by atoms with Crippen molar-refractivity contribution in [2.75, 3.05) is 45.8 Å². The van der Waals surface area contributed by atoms with Crippen molar-refractivity contribution in [1.82, 2.24) is 19.8 Å². The second-order valence-corrected chi connectivity index (χ2v) is 9.03. The van der Waals surface area contributed by atoms with Gasteiger partial charge in [-0.25, -0.2) is 8.42 Å². The number of halogens is 2. The largest absolute Gasteiger partial charge is 0.353 e. The van der Waals surface area contributed by atoms with Crippen LogP contribution in [0.4, 0.5) is 0 Å². The number of sulfonamides is 1. The Hall–Kier alpha value is -0.900. The Balaban J connectivity index is 0.00000196. The van der Waals surface area contributed by atoms with Gasteiger partial charge in [0.25, 0.3) is 0 Å². The number of benzene rings is 1. The van der Waals surface area contributed by atoms with Gasteiger partial charge in [0, 0.05) is 38.8 Å². The fourth-order valence-corrected chi connectivity index (χ4v) is 4.84. The summed E-state index contributed by atoms with van der Waals surface area (Å²) < 4.78 is 26.9. The molecular formula is C18H30Cl2N4O3S. The van der Waals surface area contributed by atoms with Gasteiger partial charge in [-0.3, -0.25) is 9.69 Å². The number of piperazine rings is 1. The predicted octanol–water partition coefficient (Wildman–Crippen LogP) is 1.01. The maximum absolute atomic E-state index is 12.7. The molecule has 2 aliphatic rings. The number of hydrogen-bond acceptors (Lipinski definition) is 5. The van der Waals surface area contributed by atoms with E-state index in [4.69, 9.17) is 0 Å². The summed E-state index contributed by atoms with van der Waals surface area (Å²) in [7, 11) is -3.45. The summed E-state index contributed by atoms with van der Waals surface area (Å²) in [5.41, 5.74) is 1.03. The number of amides is 1. The lowest BCUT2D eigenvalue weighted by molar-refractivity contribution is -0.122. The van der Waals surface area contributed by atoms with Gasteiger partial charge in [-0.05, 0) is 38.4 Å². The van der Waals surface area contributed by atoms with E-state index in [0.29, 0.717) is 50.2 Å². The van der Waals surface area contributed by atoms with E-state index >= 15 is 0 Å². The maximum Gasteiger partial charge on any atom is 0.243 e. The highest BCUT2D eigenvalue weighted by Gasteiger charge is 2.29. The van der Waals surface area contributed by atoms with Crippen molar-refractivity contribution in [2.24, 2.45) is 0 Å². The second kappa shape index (κ2) is 11.3. The van der Waals surface area contributed by atoms with Crippen LogP contribution < -0.4 is 10.6 Å². The maximum atomic E-state index is 12.7. The van der Waals surface area contributed by atoms with Gasteiger partial charge in [-0.2, -0.15) is 4.31 Å². The summed E-state index contributed by atoms with van der Waals surface area (Å²) in [5, 5.41) is 6.32. The van der Waals surface area contributed by atoms with Crippen LogP contribution in [-0.2, 0) is 14.8 Å². The van der Waals surface area contributed by atoms with Gasteiger partial charge < -0.3 is 10.6 Å². The van der Waals surface area contributed by atoms with Gasteiger partial charge in [0.2, 0.25) is 15.9 Å². The fourth-order valence-electron chi connectivity index (χ4n) is 3.41. The molecule has 0 aliphatic carbocycles. The van der Waals surface area contributed by atoms with Crippen molar-refractivity contribution in [3.8, 4) is 0 Å². The molecule has 1 aromatic rings. The predicted molar refractivity (Wildman–Crippen MR) is 115 cm³/mol. The Morgan fingerprint density at radius 2 is 1.79 bits per heavy atom. The van der Waals surface area contributed by atoms with E-state index in [1.165, 1.54) is 4.31 Å². The molecule has 3 rings (SSSR count). The minimum Gasteiger partial charge on any atom is -0.353 e. The molecule has 0 radical (unpaired) electrons. The van der Waals surface area contributed by atoms with E-state index in [-0.39, 0.29) is 30.7 Å². The van der Waals surface area contributed by atoms with E-state index in [9.17, 15) is 13.2 Å². The number of nitrogens with zero attached hydrogens (tertiary/aromatic N) is 2. The van der Waals surface area contributed by atoms with E-state index in [1.807, 2.05) is 24.0 Å². The van der Waals surface area contributed by atoms with Crippen LogP contribution in [0.2, 0.25) is 0 Å². The van der Waals surface area contributed by atoms with Crippen LogP contribution in [0.3, 0.4) is 0 Å². The van der Waals surface area contributed by atoms with Crippen molar-refractivity contribution >= 4 is 40.7 Å². The highest BCUT2D eigenvalue weighted by Crippen LogP contribution is 2.18. The Kier molecular flexibility index (Phi) is 10.2. The van der Waals surface area contributed by atoms with Crippen molar-refractivity contribution in [1.29, 1.82) is 0 Å². The fraction of sp³-hybridized carbons (Fsp3) is 0.611. The summed E-state index contributed by atoms with van der Waals surface area (Å²) >= 11 is 0. The molecule has 2 saturated heterocycles. The SMILES string of the molecule is Cc1ccc(S(=O)(=O)N2CCN(CC(=O)NCC3CCCN3)CC2)cc1.Cl.Cl. The van der Waals surface area contributed by atoms with Crippen LogP contribution >= 0.6 is 24.8 Å². The topological polar surface area (TPSA) is 81.8 Å². The Labute approximate surface area is 180 Å². The van der Waals surface area contributed by atoms with Crippen LogP contribution in [0.5, 0.6) is 0 Å². The Bertz CT molecular complexity index is 717. The first kappa shape index (κ1) is 25.1. The zero-order chi connectivity index (χ0) is 18.6. The standard InChI is InChI=1S/C18H28N4O3S.2ClH/c1-15-4-6-17(7-5-15)26(24,25)22-11-9-21(10-12-22)14-18(23)20-13-16-3-2-8-19-16;;/h4-7,16,19H,2-3,8-14H2,1H3,(H,20,23);2*1H. The third-order valence-corrected chi connectivity index (χ3v) is 6.98. The smallest absolute Gasteiger partial charge is 0.243 e. The molecule has 0 bridgehead atoms. The molecule has 160 valence electrons. The number of aryl methyl sites for hydroxylation is 1. The molecule has 1 unspecified atom stereocenters. The molecule has 0 aromatic heterocycles. The molecular weight excluding hydrogens is 423 g/mol. The highest BCUT2D eigenvalue weighted by molar-refractivity contribution is 7.89. The van der Waals surface area contributed by atoms with Gasteiger partial charge in [0.15, 0.2) is 0 Å². The molecule has 2 fully saturated rings. The van der Waals surface area contributed by atoms with Crippen LogP contribution in [0.1, 0.15) is 18.4 Å². The molecule has 1 amide bonds. The lowest BCUT2D eigenvalue weighted by Crippen LogP contribution is -2.51. The average molecular weight is 453 g/mol. The minimum atomic E-state index is -3.45. The van der Waals surface area contributed by atoms with Crippen molar-refractivity contribution in [3.05, 3.63) is 29.8 Å². The Morgan fingerprint density at radius 1 is 1.14 bits per heavy atom. The van der Waals surface area contributed by atoms with Crippen molar-refractivity contribution < 1.29 is 13.2 Å². The third kappa shape index (κ3) is 6.57. The van der Waals surface area contributed by atoms with Crippen LogP contribution in [0.15, 0.2) is 29.2 Å². The van der Waals surface area contributed by atoms with Gasteiger partial charge in [0.05, 0.1) is 11.4 Å². The van der Waals surface area contributed by atoms with Crippen LogP contribution in [0, 0.1) is 6.92 Å². The summed E-state index contributed by atoms with van der Waals surface area (Å²) in [6, 6.07) is 7.32. The van der Waals surface area contributed by atoms with Crippen molar-refractivity contribution in [3.63, 3.8) is 0 Å². The zero-order valence-corrected chi connectivity index (χ0v) is 18.5. The molecule has 28 heavy (non-hydrogen) atoms. The number of carbonyl (C=O) groups is 1. The summed E-state index contributed by atoms with van der Waals surface area (Å²) in [6.45, 7) is 5.91. The molecule has 10 heteroatoms.